The summed E-state index contributed by atoms with van der Waals surface area (Å²) in [6, 6.07) is 11.4. The van der Waals surface area contributed by atoms with E-state index in [1.165, 1.54) is 0 Å². The monoisotopic (exact) mass is 227 g/mol. The van der Waals surface area contributed by atoms with Gasteiger partial charge >= 0.3 is 5.76 Å². The van der Waals surface area contributed by atoms with Crippen LogP contribution in [0.1, 0.15) is 0 Å². The maximum atomic E-state index is 11.0. The van der Waals surface area contributed by atoms with Crippen LogP contribution in [0.2, 0.25) is 0 Å². The molecular weight excluding hydrogens is 218 g/mol. The molecule has 5 nitrogen and oxygen atoms in total. The number of hydrogen-bond donors (Lipinski definition) is 2. The highest BCUT2D eigenvalue weighted by Gasteiger charge is 2.03. The molecule has 0 spiro atoms. The van der Waals surface area contributed by atoms with Gasteiger partial charge in [-0.25, -0.2) is 9.78 Å². The molecule has 0 radical (unpaired) electrons. The van der Waals surface area contributed by atoms with Gasteiger partial charge in [0.25, 0.3) is 0 Å². The number of aromatic amines is 1. The maximum absolute atomic E-state index is 11.0. The van der Waals surface area contributed by atoms with Crippen LogP contribution in [0.3, 0.4) is 0 Å². The minimum atomic E-state index is -0.496. The number of anilines is 2. The fourth-order valence-corrected chi connectivity index (χ4v) is 1.59. The number of hydrogen-bond acceptors (Lipinski definition) is 4. The summed E-state index contributed by atoms with van der Waals surface area (Å²) < 4.78 is 4.93. The standard InChI is InChI=1S/C12H9N3O2/c16-12-15-11-10(17-12)6-9(7-13-11)14-8-4-2-1-3-5-8/h1-7,14H,(H,13,15,16). The third-order valence-corrected chi connectivity index (χ3v) is 2.34. The molecule has 0 atom stereocenters. The first-order chi connectivity index (χ1) is 8.31. The Labute approximate surface area is 96.1 Å². The Morgan fingerprint density at radius 1 is 1.18 bits per heavy atom. The van der Waals surface area contributed by atoms with Crippen molar-refractivity contribution in [3.8, 4) is 0 Å². The Bertz CT molecular complexity index is 700. The number of rotatable bonds is 2. The van der Waals surface area contributed by atoms with E-state index in [2.05, 4.69) is 15.3 Å². The molecule has 5 heteroatoms. The van der Waals surface area contributed by atoms with Gasteiger partial charge in [0, 0.05) is 11.8 Å². The lowest BCUT2D eigenvalue weighted by molar-refractivity contribution is 0.555. The quantitative estimate of drug-likeness (QED) is 0.704. The highest BCUT2D eigenvalue weighted by atomic mass is 16.4. The van der Waals surface area contributed by atoms with E-state index in [9.17, 15) is 4.79 Å². The number of para-hydroxylation sites is 1. The van der Waals surface area contributed by atoms with Gasteiger partial charge in [-0.15, -0.1) is 0 Å². The molecule has 2 aromatic heterocycles. The van der Waals surface area contributed by atoms with Crippen LogP contribution in [0.4, 0.5) is 11.4 Å². The molecule has 3 aromatic rings. The molecule has 0 saturated heterocycles. The van der Waals surface area contributed by atoms with Gasteiger partial charge in [-0.05, 0) is 12.1 Å². The van der Waals surface area contributed by atoms with Crippen molar-refractivity contribution in [3.63, 3.8) is 0 Å². The number of H-pyrrole nitrogens is 1. The third kappa shape index (κ3) is 1.90. The van der Waals surface area contributed by atoms with E-state index in [1.807, 2.05) is 30.3 Å². The van der Waals surface area contributed by atoms with Crippen LogP contribution in [0.25, 0.3) is 11.2 Å². The van der Waals surface area contributed by atoms with E-state index in [0.29, 0.717) is 11.2 Å². The number of pyridine rings is 1. The average Bonchev–Trinajstić information content (AvgIpc) is 2.70. The summed E-state index contributed by atoms with van der Waals surface area (Å²) in [6.45, 7) is 0. The Morgan fingerprint density at radius 2 is 2.00 bits per heavy atom. The second kappa shape index (κ2) is 3.79. The summed E-state index contributed by atoms with van der Waals surface area (Å²) in [7, 11) is 0. The number of fused-ring (bicyclic) bond motifs is 1. The first kappa shape index (κ1) is 9.65. The maximum Gasteiger partial charge on any atom is 0.418 e. The van der Waals surface area contributed by atoms with E-state index in [-0.39, 0.29) is 0 Å². The third-order valence-electron chi connectivity index (χ3n) is 2.34. The SMILES string of the molecule is O=c1[nH]c2ncc(Nc3ccccc3)cc2o1. The van der Waals surface area contributed by atoms with E-state index in [0.717, 1.165) is 11.4 Å². The molecule has 2 N–H and O–H groups in total. The highest BCUT2D eigenvalue weighted by molar-refractivity contribution is 5.73. The number of oxazole rings is 1. The van der Waals surface area contributed by atoms with Gasteiger partial charge < -0.3 is 9.73 Å². The molecule has 0 saturated carbocycles. The zero-order valence-electron chi connectivity index (χ0n) is 8.81. The predicted octanol–water partition coefficient (Wildman–Crippen LogP) is 2.26. The Balaban J connectivity index is 1.98. The molecule has 0 aliphatic carbocycles. The van der Waals surface area contributed by atoms with Crippen molar-refractivity contribution in [1.82, 2.24) is 9.97 Å². The van der Waals surface area contributed by atoms with Gasteiger partial charge in [-0.3, -0.25) is 4.98 Å². The van der Waals surface area contributed by atoms with Crippen LogP contribution in [0.15, 0.2) is 51.8 Å². The summed E-state index contributed by atoms with van der Waals surface area (Å²) in [4.78, 5) is 17.6. The largest absolute Gasteiger partial charge is 0.418 e. The summed E-state index contributed by atoms with van der Waals surface area (Å²) in [5, 5.41) is 3.17. The van der Waals surface area contributed by atoms with Gasteiger partial charge in [0.15, 0.2) is 11.2 Å². The number of nitrogens with one attached hydrogen (secondary N) is 2. The topological polar surface area (TPSA) is 70.9 Å². The molecule has 0 unspecified atom stereocenters. The Kier molecular flexibility index (Phi) is 2.15. The minimum absolute atomic E-state index is 0.441. The second-order valence-electron chi connectivity index (χ2n) is 3.58. The lowest BCUT2D eigenvalue weighted by Crippen LogP contribution is -1.93. The number of aromatic nitrogens is 2. The van der Waals surface area contributed by atoms with Crippen molar-refractivity contribution < 1.29 is 4.42 Å². The Morgan fingerprint density at radius 3 is 2.82 bits per heavy atom. The molecule has 84 valence electrons. The number of benzene rings is 1. The normalized spacial score (nSPS) is 10.6. The lowest BCUT2D eigenvalue weighted by atomic mass is 10.3. The first-order valence-electron chi connectivity index (χ1n) is 5.12. The molecule has 2 heterocycles. The van der Waals surface area contributed by atoms with Crippen LogP contribution >= 0.6 is 0 Å². The van der Waals surface area contributed by atoms with Gasteiger partial charge in [0.2, 0.25) is 0 Å². The molecule has 0 amide bonds. The van der Waals surface area contributed by atoms with Crippen molar-refractivity contribution in [3.05, 3.63) is 53.1 Å². The van der Waals surface area contributed by atoms with Crippen molar-refractivity contribution in [1.29, 1.82) is 0 Å². The average molecular weight is 227 g/mol. The zero-order chi connectivity index (χ0) is 11.7. The summed E-state index contributed by atoms with van der Waals surface area (Å²) in [6.07, 6.45) is 1.64. The van der Waals surface area contributed by atoms with E-state index in [1.54, 1.807) is 12.3 Å². The Hall–Kier alpha value is -2.56. The highest BCUT2D eigenvalue weighted by Crippen LogP contribution is 2.18. The van der Waals surface area contributed by atoms with Gasteiger partial charge in [-0.2, -0.15) is 0 Å². The van der Waals surface area contributed by atoms with Crippen molar-refractivity contribution in [2.75, 3.05) is 5.32 Å². The smallest absolute Gasteiger partial charge is 0.406 e. The number of nitrogens with zero attached hydrogens (tertiary/aromatic N) is 1. The molecule has 0 aliphatic rings. The van der Waals surface area contributed by atoms with E-state index < -0.39 is 5.76 Å². The van der Waals surface area contributed by atoms with Crippen LogP contribution in [-0.2, 0) is 0 Å². The van der Waals surface area contributed by atoms with E-state index >= 15 is 0 Å². The van der Waals surface area contributed by atoms with Crippen LogP contribution in [0.5, 0.6) is 0 Å². The molecule has 3 rings (SSSR count). The molecule has 17 heavy (non-hydrogen) atoms. The predicted molar refractivity (Wildman–Crippen MR) is 64.4 cm³/mol. The molecule has 0 fully saturated rings. The van der Waals surface area contributed by atoms with E-state index in [4.69, 9.17) is 4.42 Å². The van der Waals surface area contributed by atoms with Gasteiger partial charge in [0.05, 0.1) is 11.9 Å². The zero-order valence-corrected chi connectivity index (χ0v) is 8.81. The van der Waals surface area contributed by atoms with Crippen molar-refractivity contribution in [2.24, 2.45) is 0 Å². The van der Waals surface area contributed by atoms with Crippen molar-refractivity contribution in [2.45, 2.75) is 0 Å². The summed E-state index contributed by atoms with van der Waals surface area (Å²) >= 11 is 0. The first-order valence-corrected chi connectivity index (χ1v) is 5.12. The lowest BCUT2D eigenvalue weighted by Gasteiger charge is -2.04. The molecule has 0 bridgehead atoms. The molecular formula is C12H9N3O2. The summed E-state index contributed by atoms with van der Waals surface area (Å²) in [5.74, 6) is -0.496. The van der Waals surface area contributed by atoms with Crippen LogP contribution in [0, 0.1) is 0 Å². The second-order valence-corrected chi connectivity index (χ2v) is 3.58. The summed E-state index contributed by atoms with van der Waals surface area (Å²) in [5.41, 5.74) is 2.61. The molecule has 1 aromatic carbocycles. The fraction of sp³-hybridized carbons (Fsp3) is 0. The van der Waals surface area contributed by atoms with Gasteiger partial charge in [0.1, 0.15) is 0 Å². The minimum Gasteiger partial charge on any atom is -0.406 e. The molecule has 0 aliphatic heterocycles. The van der Waals surface area contributed by atoms with Crippen molar-refractivity contribution >= 4 is 22.6 Å². The van der Waals surface area contributed by atoms with Crippen LogP contribution in [-0.4, -0.2) is 9.97 Å². The van der Waals surface area contributed by atoms with Crippen LogP contribution < -0.4 is 11.1 Å². The van der Waals surface area contributed by atoms with Gasteiger partial charge in [-0.1, -0.05) is 18.2 Å². The fourth-order valence-electron chi connectivity index (χ4n) is 1.59.